The number of nitrogens with zero attached hydrogens (tertiary/aromatic N) is 4. The van der Waals surface area contributed by atoms with Crippen LogP contribution in [0, 0.1) is 5.82 Å². The number of halogens is 2. The zero-order chi connectivity index (χ0) is 25.9. The Labute approximate surface area is 218 Å². The molecule has 1 aromatic heterocycles. The highest BCUT2D eigenvalue weighted by molar-refractivity contribution is 6.31. The number of carbonyl (C=O) groups is 1. The van der Waals surface area contributed by atoms with Crippen molar-refractivity contribution in [2.45, 2.75) is 57.8 Å². The van der Waals surface area contributed by atoms with Crippen molar-refractivity contribution in [3.05, 3.63) is 69.6 Å². The third-order valence-corrected chi connectivity index (χ3v) is 7.05. The SMILES string of the molecule is COc1cc(C2C(C(=O)OC3CCCCC3)=C(C)Nc3nnnn32)ccc1OCc1c(F)cccc1Cl. The fourth-order valence-corrected chi connectivity index (χ4v) is 4.99. The van der Waals surface area contributed by atoms with Crippen LogP contribution in [0.2, 0.25) is 5.02 Å². The van der Waals surface area contributed by atoms with E-state index in [1.165, 1.54) is 19.2 Å². The Morgan fingerprint density at radius 2 is 2.00 bits per heavy atom. The Kier molecular flexibility index (Phi) is 7.27. The van der Waals surface area contributed by atoms with E-state index in [1.54, 1.807) is 35.9 Å². The number of methoxy groups -OCH3 is 1. The summed E-state index contributed by atoms with van der Waals surface area (Å²) in [6.07, 6.45) is 4.87. The first-order chi connectivity index (χ1) is 18.0. The van der Waals surface area contributed by atoms with Gasteiger partial charge in [0, 0.05) is 11.3 Å². The third kappa shape index (κ3) is 5.11. The van der Waals surface area contributed by atoms with E-state index in [2.05, 4.69) is 20.8 Å². The fourth-order valence-electron chi connectivity index (χ4n) is 4.78. The second-order valence-corrected chi connectivity index (χ2v) is 9.48. The summed E-state index contributed by atoms with van der Waals surface area (Å²) in [7, 11) is 1.51. The van der Waals surface area contributed by atoms with Crippen molar-refractivity contribution in [1.82, 2.24) is 20.2 Å². The molecule has 1 atom stereocenters. The number of hydrogen-bond acceptors (Lipinski definition) is 8. The minimum Gasteiger partial charge on any atom is -0.493 e. The molecule has 0 radical (unpaired) electrons. The van der Waals surface area contributed by atoms with E-state index in [1.807, 2.05) is 0 Å². The first-order valence-corrected chi connectivity index (χ1v) is 12.5. The van der Waals surface area contributed by atoms with Gasteiger partial charge in [0.2, 0.25) is 5.95 Å². The van der Waals surface area contributed by atoms with Crippen molar-refractivity contribution in [1.29, 1.82) is 0 Å². The number of anilines is 1. The van der Waals surface area contributed by atoms with Gasteiger partial charge >= 0.3 is 5.97 Å². The molecule has 1 aliphatic heterocycles. The van der Waals surface area contributed by atoms with Gasteiger partial charge in [0.25, 0.3) is 0 Å². The molecule has 1 aliphatic carbocycles. The van der Waals surface area contributed by atoms with E-state index in [0.29, 0.717) is 34.3 Å². The van der Waals surface area contributed by atoms with E-state index >= 15 is 0 Å². The van der Waals surface area contributed by atoms with Crippen molar-refractivity contribution >= 4 is 23.5 Å². The molecule has 1 N–H and O–H groups in total. The average molecular weight is 528 g/mol. The normalized spacial score (nSPS) is 17.7. The maximum Gasteiger partial charge on any atom is 0.338 e. The monoisotopic (exact) mass is 527 g/mol. The van der Waals surface area contributed by atoms with Crippen molar-refractivity contribution < 1.29 is 23.4 Å². The average Bonchev–Trinajstić information content (AvgIpc) is 3.36. The number of ether oxygens (including phenoxy) is 3. The third-order valence-electron chi connectivity index (χ3n) is 6.70. The van der Waals surface area contributed by atoms with E-state index in [4.69, 9.17) is 25.8 Å². The predicted octanol–water partition coefficient (Wildman–Crippen LogP) is 5.22. The second kappa shape index (κ2) is 10.8. The number of hydrogen-bond donors (Lipinski definition) is 1. The first-order valence-electron chi connectivity index (χ1n) is 12.2. The molecule has 0 bridgehead atoms. The maximum atomic E-state index is 14.2. The van der Waals surface area contributed by atoms with Crippen molar-refractivity contribution in [2.24, 2.45) is 0 Å². The van der Waals surface area contributed by atoms with Gasteiger partial charge in [0.05, 0.1) is 17.7 Å². The number of rotatable bonds is 7. The number of aromatic nitrogens is 4. The summed E-state index contributed by atoms with van der Waals surface area (Å²) in [5, 5.41) is 15.3. The minimum atomic E-state index is -0.647. The summed E-state index contributed by atoms with van der Waals surface area (Å²) >= 11 is 6.13. The lowest BCUT2D eigenvalue weighted by atomic mass is 9.94. The number of nitrogens with one attached hydrogen (secondary N) is 1. The summed E-state index contributed by atoms with van der Waals surface area (Å²) in [6.45, 7) is 1.72. The Morgan fingerprint density at radius 1 is 1.19 bits per heavy atom. The summed E-state index contributed by atoms with van der Waals surface area (Å²) < 4.78 is 33.1. The van der Waals surface area contributed by atoms with Crippen LogP contribution < -0.4 is 14.8 Å². The summed E-state index contributed by atoms with van der Waals surface area (Å²) in [5.74, 6) is 0.340. The predicted molar refractivity (Wildman–Crippen MR) is 134 cm³/mol. The van der Waals surface area contributed by atoms with Crippen LogP contribution in [0.1, 0.15) is 56.2 Å². The number of carbonyl (C=O) groups excluding carboxylic acids is 1. The highest BCUT2D eigenvalue weighted by Crippen LogP contribution is 2.39. The molecule has 5 rings (SSSR count). The maximum absolute atomic E-state index is 14.2. The Morgan fingerprint density at radius 3 is 2.76 bits per heavy atom. The molecule has 2 aliphatic rings. The molecular weight excluding hydrogens is 501 g/mol. The molecule has 3 aromatic rings. The zero-order valence-electron chi connectivity index (χ0n) is 20.5. The topological polar surface area (TPSA) is 100 Å². The molecule has 0 amide bonds. The lowest BCUT2D eigenvalue weighted by Gasteiger charge is -2.29. The number of tetrazole rings is 1. The van der Waals surface area contributed by atoms with Gasteiger partial charge in [-0.05, 0) is 72.9 Å². The van der Waals surface area contributed by atoms with Gasteiger partial charge in [-0.25, -0.2) is 9.18 Å². The highest BCUT2D eigenvalue weighted by atomic mass is 35.5. The Bertz CT molecular complexity index is 1320. The molecule has 1 unspecified atom stereocenters. The summed E-state index contributed by atoms with van der Waals surface area (Å²) in [5.41, 5.74) is 1.97. The molecule has 9 nitrogen and oxygen atoms in total. The van der Waals surface area contributed by atoms with Gasteiger partial charge in [-0.3, -0.25) is 0 Å². The smallest absolute Gasteiger partial charge is 0.338 e. The van der Waals surface area contributed by atoms with Crippen LogP contribution in [-0.2, 0) is 16.1 Å². The molecule has 194 valence electrons. The molecule has 1 saturated carbocycles. The van der Waals surface area contributed by atoms with Crippen molar-refractivity contribution in [2.75, 3.05) is 12.4 Å². The van der Waals surface area contributed by atoms with Crippen LogP contribution in [0.25, 0.3) is 0 Å². The summed E-state index contributed by atoms with van der Waals surface area (Å²) in [4.78, 5) is 13.4. The number of esters is 1. The molecule has 0 saturated heterocycles. The van der Waals surface area contributed by atoms with E-state index in [0.717, 1.165) is 32.1 Å². The standard InChI is InChI=1S/C26H27ClFN5O4/c1-15-23(25(34)37-17-7-4-3-5-8-17)24(33-26(29-15)30-31-32-33)16-11-12-21(22(13-16)35-2)36-14-18-19(27)9-6-10-20(18)28/h6,9-13,17,24H,3-5,7-8,14H2,1-2H3,(H,29,30,32). The molecule has 2 heterocycles. The second-order valence-electron chi connectivity index (χ2n) is 9.08. The number of allylic oxidation sites excluding steroid dienone is 1. The largest absolute Gasteiger partial charge is 0.493 e. The van der Waals surface area contributed by atoms with Gasteiger partial charge in [-0.15, -0.1) is 0 Å². The quantitative estimate of drug-likeness (QED) is 0.417. The van der Waals surface area contributed by atoms with Gasteiger partial charge < -0.3 is 19.5 Å². The lowest BCUT2D eigenvalue weighted by Crippen LogP contribution is -2.32. The lowest BCUT2D eigenvalue weighted by molar-refractivity contribution is -0.146. The molecule has 0 spiro atoms. The van der Waals surface area contributed by atoms with Gasteiger partial charge in [-0.2, -0.15) is 4.68 Å². The van der Waals surface area contributed by atoms with Crippen LogP contribution >= 0.6 is 11.6 Å². The number of fused-ring (bicyclic) bond motifs is 1. The van der Waals surface area contributed by atoms with Crippen molar-refractivity contribution in [3.63, 3.8) is 0 Å². The van der Waals surface area contributed by atoms with Gasteiger partial charge in [0.15, 0.2) is 11.5 Å². The molecule has 2 aromatic carbocycles. The number of benzene rings is 2. The van der Waals surface area contributed by atoms with E-state index < -0.39 is 17.8 Å². The van der Waals surface area contributed by atoms with Crippen LogP contribution in [0.4, 0.5) is 10.3 Å². The van der Waals surface area contributed by atoms with Crippen LogP contribution in [0.3, 0.4) is 0 Å². The van der Waals surface area contributed by atoms with E-state index in [9.17, 15) is 9.18 Å². The summed E-state index contributed by atoms with van der Waals surface area (Å²) in [6, 6.07) is 9.07. The molecular formula is C26H27ClFN5O4. The first kappa shape index (κ1) is 25.0. The Balaban J connectivity index is 1.45. The van der Waals surface area contributed by atoms with Gasteiger partial charge in [-0.1, -0.05) is 35.3 Å². The minimum absolute atomic E-state index is 0.0797. The highest BCUT2D eigenvalue weighted by Gasteiger charge is 2.36. The molecule has 37 heavy (non-hydrogen) atoms. The van der Waals surface area contributed by atoms with Crippen molar-refractivity contribution in [3.8, 4) is 11.5 Å². The van der Waals surface area contributed by atoms with Crippen LogP contribution in [-0.4, -0.2) is 39.4 Å². The van der Waals surface area contributed by atoms with Crippen LogP contribution in [0.5, 0.6) is 11.5 Å². The van der Waals surface area contributed by atoms with Gasteiger partial charge in [0.1, 0.15) is 24.6 Å². The fraction of sp³-hybridized carbons (Fsp3) is 0.385. The molecule has 1 fully saturated rings. The Hall–Kier alpha value is -3.66. The zero-order valence-corrected chi connectivity index (χ0v) is 21.3. The molecule has 11 heteroatoms. The van der Waals surface area contributed by atoms with Crippen LogP contribution in [0.15, 0.2) is 47.7 Å². The van der Waals surface area contributed by atoms with E-state index in [-0.39, 0.29) is 23.3 Å².